The normalized spacial score (nSPS) is 13.4. The van der Waals surface area contributed by atoms with E-state index in [2.05, 4.69) is 5.32 Å². The lowest BCUT2D eigenvalue weighted by Gasteiger charge is -2.20. The molecule has 1 amide bonds. The number of hydrogen-bond donors (Lipinski definition) is 1. The van der Waals surface area contributed by atoms with Gasteiger partial charge in [0.2, 0.25) is 5.91 Å². The second-order valence-corrected chi connectivity index (χ2v) is 10.6. The highest BCUT2D eigenvalue weighted by Gasteiger charge is 2.31. The Morgan fingerprint density at radius 2 is 1.96 bits per heavy atom. The van der Waals surface area contributed by atoms with Crippen molar-refractivity contribution in [1.82, 2.24) is 5.32 Å². The van der Waals surface area contributed by atoms with Gasteiger partial charge in [-0.2, -0.15) is 0 Å². The summed E-state index contributed by atoms with van der Waals surface area (Å²) in [5.41, 5.74) is 0.0860. The van der Waals surface area contributed by atoms with Crippen molar-refractivity contribution in [2.45, 2.75) is 44.3 Å². The molecule has 0 saturated heterocycles. The van der Waals surface area contributed by atoms with E-state index >= 15 is 0 Å². The molecule has 0 aliphatic carbocycles. The molecule has 0 bridgehead atoms. The molecule has 0 aliphatic heterocycles. The average molecular weight is 398 g/mol. The highest BCUT2D eigenvalue weighted by molar-refractivity contribution is 7.91. The van der Waals surface area contributed by atoms with Gasteiger partial charge in [-0.05, 0) is 47.5 Å². The SMILES string of the molecule is Cc1cc(S(=O)(=O)C(CNC(=O)CC(C)(C)C)c2cccs2)ccc1F. The van der Waals surface area contributed by atoms with Crippen LogP contribution in [0.15, 0.2) is 40.6 Å². The van der Waals surface area contributed by atoms with Crippen LogP contribution in [0, 0.1) is 18.2 Å². The first kappa shape index (κ1) is 20.6. The summed E-state index contributed by atoms with van der Waals surface area (Å²) in [6.45, 7) is 7.35. The molecule has 1 aromatic heterocycles. The van der Waals surface area contributed by atoms with Crippen molar-refractivity contribution in [2.75, 3.05) is 6.54 Å². The third-order valence-electron chi connectivity index (χ3n) is 3.87. The standard InChI is InChI=1S/C19H24FNO3S2/c1-13-10-14(7-8-15(13)20)26(23,24)17(16-6-5-9-25-16)12-21-18(22)11-19(2,3)4/h5-10,17H,11-12H2,1-4H3,(H,21,22). The van der Waals surface area contributed by atoms with E-state index in [0.717, 1.165) is 6.07 Å². The maximum atomic E-state index is 13.5. The van der Waals surface area contributed by atoms with E-state index in [-0.39, 0.29) is 28.3 Å². The van der Waals surface area contributed by atoms with Crippen LogP contribution in [0.5, 0.6) is 0 Å². The van der Waals surface area contributed by atoms with E-state index in [9.17, 15) is 17.6 Å². The number of aryl methyl sites for hydroxylation is 1. The van der Waals surface area contributed by atoms with Crippen molar-refractivity contribution in [3.8, 4) is 0 Å². The van der Waals surface area contributed by atoms with Gasteiger partial charge in [0.1, 0.15) is 11.1 Å². The molecule has 7 heteroatoms. The molecule has 1 aromatic carbocycles. The number of sulfone groups is 1. The summed E-state index contributed by atoms with van der Waals surface area (Å²) in [5, 5.41) is 3.63. The van der Waals surface area contributed by atoms with Crippen LogP contribution < -0.4 is 5.32 Å². The number of thiophene rings is 1. The number of nitrogens with one attached hydrogen (secondary N) is 1. The summed E-state index contributed by atoms with van der Waals surface area (Å²) in [6.07, 6.45) is 0.305. The number of hydrogen-bond acceptors (Lipinski definition) is 4. The maximum Gasteiger partial charge on any atom is 0.220 e. The first-order chi connectivity index (χ1) is 12.0. The van der Waals surface area contributed by atoms with E-state index in [1.807, 2.05) is 20.8 Å². The Bertz CT molecular complexity index is 869. The minimum absolute atomic E-state index is 0.0197. The number of carbonyl (C=O) groups is 1. The fourth-order valence-corrected chi connectivity index (χ4v) is 5.41. The minimum atomic E-state index is -3.77. The highest BCUT2D eigenvalue weighted by Crippen LogP contribution is 2.32. The number of amides is 1. The smallest absolute Gasteiger partial charge is 0.220 e. The lowest BCUT2D eigenvalue weighted by Crippen LogP contribution is -2.33. The van der Waals surface area contributed by atoms with Crippen LogP contribution in [0.3, 0.4) is 0 Å². The Kier molecular flexibility index (Phi) is 6.24. The molecule has 1 unspecified atom stereocenters. The third-order valence-corrected chi connectivity index (χ3v) is 7.08. The van der Waals surface area contributed by atoms with Gasteiger partial charge in [-0.15, -0.1) is 11.3 Å². The van der Waals surface area contributed by atoms with Crippen molar-refractivity contribution in [3.63, 3.8) is 0 Å². The van der Waals surface area contributed by atoms with Crippen molar-refractivity contribution in [1.29, 1.82) is 0 Å². The van der Waals surface area contributed by atoms with Crippen LogP contribution in [0.4, 0.5) is 4.39 Å². The molecule has 26 heavy (non-hydrogen) atoms. The molecule has 0 aliphatic rings. The maximum absolute atomic E-state index is 13.5. The van der Waals surface area contributed by atoms with Crippen LogP contribution in [-0.4, -0.2) is 20.9 Å². The van der Waals surface area contributed by atoms with Gasteiger partial charge in [0.25, 0.3) is 0 Å². The first-order valence-corrected chi connectivity index (χ1v) is 10.7. The summed E-state index contributed by atoms with van der Waals surface area (Å²) in [4.78, 5) is 12.8. The van der Waals surface area contributed by atoms with Gasteiger partial charge in [0, 0.05) is 17.8 Å². The van der Waals surface area contributed by atoms with Gasteiger partial charge in [-0.1, -0.05) is 26.8 Å². The van der Waals surface area contributed by atoms with Gasteiger partial charge >= 0.3 is 0 Å². The monoisotopic (exact) mass is 397 g/mol. The zero-order valence-corrected chi connectivity index (χ0v) is 17.0. The highest BCUT2D eigenvalue weighted by atomic mass is 32.2. The predicted molar refractivity (Wildman–Crippen MR) is 102 cm³/mol. The minimum Gasteiger partial charge on any atom is -0.354 e. The summed E-state index contributed by atoms with van der Waals surface area (Å²) >= 11 is 1.32. The van der Waals surface area contributed by atoms with Crippen LogP contribution in [0.2, 0.25) is 0 Å². The molecule has 0 radical (unpaired) electrons. The largest absolute Gasteiger partial charge is 0.354 e. The number of rotatable bonds is 6. The molecule has 1 N–H and O–H groups in total. The van der Waals surface area contributed by atoms with E-state index < -0.39 is 20.9 Å². The molecule has 0 fully saturated rings. The van der Waals surface area contributed by atoms with Gasteiger partial charge < -0.3 is 5.32 Å². The molecular formula is C19H24FNO3S2. The lowest BCUT2D eigenvalue weighted by atomic mass is 9.92. The quantitative estimate of drug-likeness (QED) is 0.741. The molecule has 0 saturated carbocycles. The summed E-state index contributed by atoms with van der Waals surface area (Å²) in [7, 11) is -3.77. The Labute approximate surface area is 158 Å². The molecule has 4 nitrogen and oxygen atoms in total. The zero-order valence-electron chi connectivity index (χ0n) is 15.4. The van der Waals surface area contributed by atoms with E-state index in [1.165, 1.54) is 30.4 Å². The fourth-order valence-electron chi connectivity index (χ4n) is 2.55. The Morgan fingerprint density at radius 1 is 1.27 bits per heavy atom. The third kappa shape index (κ3) is 5.14. The summed E-state index contributed by atoms with van der Waals surface area (Å²) in [6, 6.07) is 7.28. The van der Waals surface area contributed by atoms with Gasteiger partial charge in [-0.3, -0.25) is 4.79 Å². The molecule has 2 rings (SSSR count). The Morgan fingerprint density at radius 3 is 2.50 bits per heavy atom. The average Bonchev–Trinajstić information content (AvgIpc) is 3.02. The molecule has 0 spiro atoms. The van der Waals surface area contributed by atoms with Gasteiger partial charge in [-0.25, -0.2) is 12.8 Å². The number of carbonyl (C=O) groups excluding carboxylic acids is 1. The zero-order chi connectivity index (χ0) is 19.5. The summed E-state index contributed by atoms with van der Waals surface area (Å²) < 4.78 is 39.8. The molecule has 2 aromatic rings. The second-order valence-electron chi connectivity index (χ2n) is 7.50. The molecule has 1 atom stereocenters. The van der Waals surface area contributed by atoms with Crippen LogP contribution in [0.1, 0.15) is 42.9 Å². The van der Waals surface area contributed by atoms with E-state index in [4.69, 9.17) is 0 Å². The van der Waals surface area contributed by atoms with Crippen LogP contribution in [-0.2, 0) is 14.6 Å². The van der Waals surface area contributed by atoms with E-state index in [0.29, 0.717) is 11.3 Å². The number of halogens is 1. The lowest BCUT2D eigenvalue weighted by molar-refractivity contribution is -0.122. The molecular weight excluding hydrogens is 373 g/mol. The molecule has 1 heterocycles. The van der Waals surface area contributed by atoms with E-state index in [1.54, 1.807) is 17.5 Å². The van der Waals surface area contributed by atoms with Crippen LogP contribution in [0.25, 0.3) is 0 Å². The Hall–Kier alpha value is -1.73. The Balaban J connectivity index is 2.30. The van der Waals surface area contributed by atoms with Crippen molar-refractivity contribution >= 4 is 27.1 Å². The summed E-state index contributed by atoms with van der Waals surface area (Å²) in [5.74, 6) is -0.639. The predicted octanol–water partition coefficient (Wildman–Crippen LogP) is 4.26. The topological polar surface area (TPSA) is 63.2 Å². The van der Waals surface area contributed by atoms with Crippen molar-refractivity contribution in [3.05, 3.63) is 52.0 Å². The fraction of sp³-hybridized carbons (Fsp3) is 0.421. The van der Waals surface area contributed by atoms with Gasteiger partial charge in [0.15, 0.2) is 9.84 Å². The van der Waals surface area contributed by atoms with Crippen LogP contribution >= 0.6 is 11.3 Å². The van der Waals surface area contributed by atoms with Gasteiger partial charge in [0.05, 0.1) is 4.90 Å². The molecule has 142 valence electrons. The van der Waals surface area contributed by atoms with Crippen molar-refractivity contribution in [2.24, 2.45) is 5.41 Å². The second kappa shape index (κ2) is 7.88. The van der Waals surface area contributed by atoms with Crippen molar-refractivity contribution < 1.29 is 17.6 Å². The number of benzene rings is 1. The first-order valence-electron chi connectivity index (χ1n) is 8.31.